The molecule has 0 radical (unpaired) electrons. The quantitative estimate of drug-likeness (QED) is 0.0144. The molecule has 14 amide bonds. The van der Waals surface area contributed by atoms with Crippen LogP contribution in [0.4, 0.5) is 0 Å². The lowest BCUT2D eigenvalue weighted by Crippen LogP contribution is -2.63. The monoisotopic (exact) mass is 1690 g/mol. The van der Waals surface area contributed by atoms with Gasteiger partial charge in [-0.2, -0.15) is 0 Å². The molecule has 0 aliphatic carbocycles. The molecule has 43 heteroatoms. The van der Waals surface area contributed by atoms with E-state index in [0.29, 0.717) is 5.56 Å². The Labute approximate surface area is 695 Å². The molecule has 15 atom stereocenters. The summed E-state index contributed by atoms with van der Waals surface area (Å²) in [5, 5.41) is 84.6. The third-order valence-corrected chi connectivity index (χ3v) is 18.8. The van der Waals surface area contributed by atoms with Crippen molar-refractivity contribution in [1.29, 1.82) is 5.41 Å². The van der Waals surface area contributed by atoms with Gasteiger partial charge in [-0.25, -0.2) is 14.8 Å². The zero-order chi connectivity index (χ0) is 90.4. The third-order valence-electron chi connectivity index (χ3n) is 18.8. The summed E-state index contributed by atoms with van der Waals surface area (Å²) in [6.07, 6.45) is 0.727. The summed E-state index contributed by atoms with van der Waals surface area (Å²) in [7, 11) is 0. The number of carbonyl (C=O) groups is 17. The highest BCUT2D eigenvalue weighted by Gasteiger charge is 2.41. The van der Waals surface area contributed by atoms with Crippen LogP contribution in [-0.2, 0) is 101 Å². The molecule has 0 unspecified atom stereocenters. The molecule has 0 saturated carbocycles. The zero-order valence-electron chi connectivity index (χ0n) is 69.9. The van der Waals surface area contributed by atoms with Crippen molar-refractivity contribution in [2.24, 2.45) is 47.0 Å². The predicted molar refractivity (Wildman–Crippen MR) is 432 cm³/mol. The number of aliphatic hydroxyl groups excluding tert-OH is 1. The van der Waals surface area contributed by atoms with Crippen molar-refractivity contribution in [3.05, 3.63) is 72.3 Å². The van der Waals surface area contributed by atoms with Crippen LogP contribution < -0.4 is 91.2 Å². The molecule has 3 aromatic rings. The molecule has 0 spiro atoms. The summed E-state index contributed by atoms with van der Waals surface area (Å²) in [5.74, 6) is -21.7. The maximum Gasteiger partial charge on any atom is 0.328 e. The van der Waals surface area contributed by atoms with E-state index >= 15 is 0 Å². The van der Waals surface area contributed by atoms with Gasteiger partial charge in [0.1, 0.15) is 72.5 Å². The number of nitrogens with zero attached hydrogens (tertiary/aromatic N) is 2. The Morgan fingerprint density at radius 3 is 1.18 bits per heavy atom. The highest BCUT2D eigenvalue weighted by atomic mass is 16.4. The van der Waals surface area contributed by atoms with Gasteiger partial charge in [0.15, 0.2) is 12.0 Å². The van der Waals surface area contributed by atoms with Crippen molar-refractivity contribution < 1.29 is 102 Å². The van der Waals surface area contributed by atoms with Crippen LogP contribution in [0.3, 0.4) is 0 Å². The van der Waals surface area contributed by atoms with Crippen LogP contribution in [0.5, 0.6) is 0 Å². The smallest absolute Gasteiger partial charge is 0.328 e. The lowest BCUT2D eigenvalue weighted by molar-refractivity contribution is -0.145. The highest BCUT2D eigenvalue weighted by Crippen LogP contribution is 2.17. The number of imidazole rings is 2. The SMILES string of the molecule is CC[C@H](C)[C@H](NC(=O)[C@@H](NC(=O)[C@@H](NC(=O)[C@H](CC(C)C)NC(=O)[C@H](CCCNC(=N)N)NC(=O)CN)C(C)C)C(C)C)C(=O)N[C@@H](Cc1c[nH]cn1)C(=O)N[C@@H](CC(=O)O)C(=O)N[C@@H](Cc1c[nH]cn1)C(=O)N[C@@H](Cc1ccccc1)C(=O)N[C@@H](CC(C)C)C(=O)N[C@@H](CC(=O)O)C(=O)NCC(=O)N[C@@H](CC(C)C)C(=O)N[C@H](C(=O)O)[C@@H](C)O. The van der Waals surface area contributed by atoms with Gasteiger partial charge < -0.3 is 122 Å². The molecule has 43 nitrogen and oxygen atoms in total. The summed E-state index contributed by atoms with van der Waals surface area (Å²) in [6, 6.07) is -12.3. The number of carboxylic acids is 3. The highest BCUT2D eigenvalue weighted by molar-refractivity contribution is 6.01. The Bertz CT molecular complexity index is 3940. The largest absolute Gasteiger partial charge is 0.481 e. The molecule has 666 valence electrons. The van der Waals surface area contributed by atoms with Gasteiger partial charge >= 0.3 is 17.9 Å². The van der Waals surface area contributed by atoms with E-state index in [1.165, 1.54) is 25.0 Å². The maximum absolute atomic E-state index is 14.9. The van der Waals surface area contributed by atoms with E-state index < -0.39 is 248 Å². The van der Waals surface area contributed by atoms with E-state index in [2.05, 4.69) is 99.7 Å². The predicted octanol–water partition coefficient (Wildman–Crippen LogP) is -4.29. The molecule has 1 aromatic carbocycles. The normalized spacial score (nSPS) is 15.0. The minimum atomic E-state index is -2.05. The van der Waals surface area contributed by atoms with Crippen molar-refractivity contribution in [2.75, 3.05) is 19.6 Å². The number of H-pyrrole nitrogens is 2. The molecule has 2 heterocycles. The second kappa shape index (κ2) is 51.2. The lowest BCUT2D eigenvalue weighted by atomic mass is 9.95. The van der Waals surface area contributed by atoms with Crippen LogP contribution in [0.15, 0.2) is 55.4 Å². The number of aliphatic hydroxyl groups is 1. The fourth-order valence-electron chi connectivity index (χ4n) is 12.2. The van der Waals surface area contributed by atoms with Gasteiger partial charge in [0.2, 0.25) is 82.7 Å². The first-order valence-corrected chi connectivity index (χ1v) is 39.7. The fraction of sp³-hybridized carbons (Fsp3) is 0.610. The summed E-state index contributed by atoms with van der Waals surface area (Å²) in [6.45, 7) is 20.0. The number of aromatic nitrogens is 4. The lowest BCUT2D eigenvalue weighted by Gasteiger charge is -2.31. The fourth-order valence-corrected chi connectivity index (χ4v) is 12.2. The van der Waals surface area contributed by atoms with Gasteiger partial charge in [0.25, 0.3) is 0 Å². The van der Waals surface area contributed by atoms with Gasteiger partial charge in [-0.05, 0) is 80.1 Å². The van der Waals surface area contributed by atoms with E-state index in [0.717, 1.165) is 6.92 Å². The molecule has 0 fully saturated rings. The van der Waals surface area contributed by atoms with Crippen molar-refractivity contribution in [3.8, 4) is 0 Å². The maximum atomic E-state index is 14.9. The molecule has 0 aliphatic rings. The van der Waals surface area contributed by atoms with Crippen LogP contribution in [0, 0.1) is 40.9 Å². The number of hydrogen-bond acceptors (Lipinski definition) is 22. The minimum Gasteiger partial charge on any atom is -0.481 e. The molecule has 0 saturated heterocycles. The first kappa shape index (κ1) is 102. The molecule has 2 aromatic heterocycles. The molecule has 0 bridgehead atoms. The van der Waals surface area contributed by atoms with Crippen LogP contribution >= 0.6 is 0 Å². The van der Waals surface area contributed by atoms with Gasteiger partial charge in [0, 0.05) is 38.2 Å². The minimum absolute atomic E-state index is 0.0315. The number of benzene rings is 1. The number of nitrogens with two attached hydrogens (primary N) is 2. The van der Waals surface area contributed by atoms with E-state index in [1.807, 2.05) is 0 Å². The summed E-state index contributed by atoms with van der Waals surface area (Å²) < 4.78 is 0. The number of amides is 14. The molecule has 120 heavy (non-hydrogen) atoms. The Kier molecular flexibility index (Phi) is 43.5. The number of carbonyl (C=O) groups excluding carboxylic acids is 14. The van der Waals surface area contributed by atoms with Crippen molar-refractivity contribution in [1.82, 2.24) is 99.7 Å². The Morgan fingerprint density at radius 2 is 0.783 bits per heavy atom. The summed E-state index contributed by atoms with van der Waals surface area (Å²) in [5.41, 5.74) is 11.7. The van der Waals surface area contributed by atoms with Crippen LogP contribution in [0.25, 0.3) is 0 Å². The molecular formula is C77H122N22O21. The Balaban J connectivity index is 1.97. The first-order chi connectivity index (χ1) is 56.3. The zero-order valence-corrected chi connectivity index (χ0v) is 69.9. The number of guanidine groups is 1. The number of hydrogen-bond donors (Lipinski definition) is 24. The van der Waals surface area contributed by atoms with Gasteiger partial charge in [-0.3, -0.25) is 82.1 Å². The number of carboxylic acid groups (broad SMARTS) is 3. The van der Waals surface area contributed by atoms with E-state index in [-0.39, 0.29) is 80.7 Å². The Morgan fingerprint density at radius 1 is 0.425 bits per heavy atom. The molecule has 26 N–H and O–H groups in total. The van der Waals surface area contributed by atoms with Crippen molar-refractivity contribution in [3.63, 3.8) is 0 Å². The van der Waals surface area contributed by atoms with Crippen LogP contribution in [0.2, 0.25) is 0 Å². The number of aliphatic carboxylic acids is 3. The Hall–Kier alpha value is -12.2. The molecule has 3 rings (SSSR count). The standard InChI is InChI=1S/C77H122N22O21/c1-14-42(12)62(98-74(117)61(41(10)11)97-73(116)60(40(8)9)96-72(115)50(25-39(6)7)89-65(108)47(87-56(101)31-78)21-18-22-83-77(79)80)75(118)95-53(28-46-33-82-36-86-46)69(112)94-55(30-59(105)106)70(113)92-52(27-45-32-81-35-85-45)68(111)91-51(26-44-19-16-15-17-20-44)67(110)90-49(24-38(4)5)66(109)93-54(29-58(103)104)64(107)84-34-57(102)88-48(23-37(2)3)71(114)99-63(43(13)100)76(119)120/h15-17,19-20,32-33,35-43,47-55,60-63,100H,14,18,21-31,34,78H2,1-13H3,(H,81,85)(H,82,86)(H,84,107)(H,87,101)(H,88,102)(H,89,108)(H,90,110)(H,91,111)(H,92,113)(H,93,109)(H,94,112)(H,95,118)(H,96,115)(H,97,116)(H,98,117)(H,99,114)(H,103,104)(H,105,106)(H,119,120)(H4,79,80,83)/t42-,43+,47-,48-,49-,50-,51-,52-,53-,54-,55-,60-,61-,62-,63-/m0/s1. The topological polar surface area (TPSA) is 685 Å². The van der Waals surface area contributed by atoms with Gasteiger partial charge in [-0.15, -0.1) is 0 Å². The van der Waals surface area contributed by atoms with Crippen LogP contribution in [-0.4, -0.2) is 251 Å². The van der Waals surface area contributed by atoms with Gasteiger partial charge in [0.05, 0.1) is 56.1 Å². The second-order valence-corrected chi connectivity index (χ2v) is 31.3. The van der Waals surface area contributed by atoms with E-state index in [4.69, 9.17) is 16.9 Å². The first-order valence-electron chi connectivity index (χ1n) is 39.7. The molecule has 0 aliphatic heterocycles. The number of rotatable bonds is 54. The second-order valence-electron chi connectivity index (χ2n) is 31.3. The van der Waals surface area contributed by atoms with Crippen molar-refractivity contribution in [2.45, 2.75) is 245 Å². The number of aromatic amines is 2. The van der Waals surface area contributed by atoms with E-state index in [1.54, 1.807) is 113 Å². The van der Waals surface area contributed by atoms with Crippen molar-refractivity contribution >= 4 is 107 Å². The average molecular weight is 1690 g/mol. The summed E-state index contributed by atoms with van der Waals surface area (Å²) in [4.78, 5) is 248. The third kappa shape index (κ3) is 36.8. The molecular weight excluding hydrogens is 1570 g/mol. The summed E-state index contributed by atoms with van der Waals surface area (Å²) >= 11 is 0. The van der Waals surface area contributed by atoms with Crippen LogP contribution in [0.1, 0.15) is 158 Å². The van der Waals surface area contributed by atoms with Gasteiger partial charge in [-0.1, -0.05) is 120 Å². The average Bonchev–Trinajstić information content (AvgIpc) is 0.995. The number of nitrogens with one attached hydrogen (secondary N) is 18. The van der Waals surface area contributed by atoms with E-state index in [9.17, 15) is 102 Å².